The lowest BCUT2D eigenvalue weighted by molar-refractivity contribution is 0.313. The number of piperazine rings is 1. The normalized spacial score (nSPS) is 16.2. The number of aryl methyl sites for hydroxylation is 2. The minimum Gasteiger partial charge on any atom is -0.369 e. The van der Waals surface area contributed by atoms with Gasteiger partial charge in [0.1, 0.15) is 0 Å². The minimum atomic E-state index is 0.0596. The van der Waals surface area contributed by atoms with Gasteiger partial charge in [-0.25, -0.2) is 4.98 Å². The van der Waals surface area contributed by atoms with Crippen molar-refractivity contribution >= 4 is 27.2 Å². The summed E-state index contributed by atoms with van der Waals surface area (Å²) in [4.78, 5) is 22.5. The van der Waals surface area contributed by atoms with Crippen LogP contribution in [0.4, 0.5) is 5.69 Å². The monoisotopic (exact) mass is 339 g/mol. The van der Waals surface area contributed by atoms with E-state index in [0.29, 0.717) is 0 Å². The molecule has 0 spiro atoms. The number of hydrogen-bond donors (Lipinski definition) is 0. The van der Waals surface area contributed by atoms with Crippen LogP contribution in [-0.2, 0) is 0 Å². The van der Waals surface area contributed by atoms with E-state index < -0.39 is 0 Å². The van der Waals surface area contributed by atoms with E-state index in [9.17, 15) is 4.79 Å². The Kier molecular flexibility index (Phi) is 3.77. The molecule has 0 unspecified atom stereocenters. The molecule has 1 aromatic carbocycles. The lowest BCUT2D eigenvalue weighted by Crippen LogP contribution is -2.44. The molecule has 124 valence electrons. The van der Waals surface area contributed by atoms with Gasteiger partial charge in [-0.3, -0.25) is 4.79 Å². The van der Waals surface area contributed by atoms with E-state index in [-0.39, 0.29) is 5.43 Å². The van der Waals surface area contributed by atoms with Gasteiger partial charge < -0.3 is 9.80 Å². The topological polar surface area (TPSA) is 36.4 Å². The van der Waals surface area contributed by atoms with Crippen molar-refractivity contribution in [2.75, 3.05) is 38.1 Å². The molecule has 5 heteroatoms. The van der Waals surface area contributed by atoms with Crippen LogP contribution in [0.1, 0.15) is 11.1 Å². The number of benzene rings is 2. The van der Waals surface area contributed by atoms with Crippen molar-refractivity contribution in [3.63, 3.8) is 0 Å². The summed E-state index contributed by atoms with van der Waals surface area (Å²) in [5, 5.41) is 0. The standard InChI is InChI=1S/C19H21N3OS/c1-12-8-14(22-6-4-21(3)5-7-22)10-16-18(12)20-19-13(2)9-15(23)11-17(19)24-16/h8-11H,4-7H2,1-3H3. The van der Waals surface area contributed by atoms with Crippen LogP contribution in [0.15, 0.2) is 29.1 Å². The second kappa shape index (κ2) is 5.83. The second-order valence-electron chi connectivity index (χ2n) is 6.70. The molecule has 0 aromatic heterocycles. The highest BCUT2D eigenvalue weighted by Crippen LogP contribution is 2.35. The summed E-state index contributed by atoms with van der Waals surface area (Å²) in [5.74, 6) is 0. The number of hydrogen-bond acceptors (Lipinski definition) is 5. The molecule has 0 bridgehead atoms. The maximum atomic E-state index is 11.8. The third kappa shape index (κ3) is 2.68. The highest BCUT2D eigenvalue weighted by Gasteiger charge is 2.17. The Balaban J connectivity index is 1.87. The van der Waals surface area contributed by atoms with Crippen LogP contribution in [0.25, 0.3) is 20.8 Å². The lowest BCUT2D eigenvalue weighted by atomic mass is 10.1. The van der Waals surface area contributed by atoms with E-state index in [4.69, 9.17) is 4.98 Å². The van der Waals surface area contributed by atoms with E-state index >= 15 is 0 Å². The number of rotatable bonds is 1. The van der Waals surface area contributed by atoms with Crippen molar-refractivity contribution in [1.82, 2.24) is 9.88 Å². The molecule has 0 radical (unpaired) electrons. The zero-order valence-electron chi connectivity index (χ0n) is 14.3. The van der Waals surface area contributed by atoms with Crippen LogP contribution >= 0.6 is 11.3 Å². The van der Waals surface area contributed by atoms with E-state index in [1.54, 1.807) is 23.5 Å². The van der Waals surface area contributed by atoms with Crippen LogP contribution in [0.3, 0.4) is 0 Å². The number of fused-ring (bicyclic) bond motifs is 2. The SMILES string of the molecule is Cc1cc(=O)cc2sc3cc(N4CCN(C)CC4)cc(C)c3nc1-2. The van der Waals surface area contributed by atoms with Crippen molar-refractivity contribution in [3.8, 4) is 10.6 Å². The Morgan fingerprint density at radius 2 is 1.75 bits per heavy atom. The highest BCUT2D eigenvalue weighted by molar-refractivity contribution is 7.21. The molecule has 4 nitrogen and oxygen atoms in total. The first-order chi connectivity index (χ1) is 11.5. The van der Waals surface area contributed by atoms with Gasteiger partial charge in [-0.15, -0.1) is 11.3 Å². The third-order valence-electron chi connectivity index (χ3n) is 4.80. The summed E-state index contributed by atoms with van der Waals surface area (Å²) in [6.07, 6.45) is 0. The van der Waals surface area contributed by atoms with Crippen molar-refractivity contribution in [3.05, 3.63) is 45.6 Å². The van der Waals surface area contributed by atoms with Crippen LogP contribution < -0.4 is 10.3 Å². The molecule has 0 atom stereocenters. The van der Waals surface area contributed by atoms with Gasteiger partial charge in [0, 0.05) is 37.9 Å². The number of likely N-dealkylation sites (N-methyl/N-ethyl adjacent to an activating group) is 1. The predicted molar refractivity (Wildman–Crippen MR) is 102 cm³/mol. The first-order valence-electron chi connectivity index (χ1n) is 8.30. The Morgan fingerprint density at radius 1 is 1.00 bits per heavy atom. The molecule has 2 heterocycles. The first-order valence-corrected chi connectivity index (χ1v) is 9.12. The fourth-order valence-electron chi connectivity index (χ4n) is 3.36. The van der Waals surface area contributed by atoms with Gasteiger partial charge in [-0.05, 0) is 50.2 Å². The minimum absolute atomic E-state index is 0.0596. The van der Waals surface area contributed by atoms with E-state index in [1.165, 1.54) is 11.3 Å². The summed E-state index contributed by atoms with van der Waals surface area (Å²) >= 11 is 1.67. The first kappa shape index (κ1) is 15.5. The van der Waals surface area contributed by atoms with Crippen molar-refractivity contribution in [2.24, 2.45) is 0 Å². The fraction of sp³-hybridized carbons (Fsp3) is 0.368. The van der Waals surface area contributed by atoms with Crippen molar-refractivity contribution in [2.45, 2.75) is 13.8 Å². The number of anilines is 1. The smallest absolute Gasteiger partial charge is 0.180 e. The summed E-state index contributed by atoms with van der Waals surface area (Å²) in [7, 11) is 2.17. The van der Waals surface area contributed by atoms with Crippen LogP contribution in [0.2, 0.25) is 0 Å². The average Bonchev–Trinajstić information content (AvgIpc) is 2.54. The Labute approximate surface area is 145 Å². The zero-order valence-corrected chi connectivity index (χ0v) is 15.1. The maximum Gasteiger partial charge on any atom is 0.180 e. The number of nitrogens with zero attached hydrogens (tertiary/aromatic N) is 3. The van der Waals surface area contributed by atoms with E-state index in [1.807, 2.05) is 6.92 Å². The molecule has 0 N–H and O–H groups in total. The molecule has 4 rings (SSSR count). The van der Waals surface area contributed by atoms with Crippen LogP contribution in [-0.4, -0.2) is 43.1 Å². The fourth-order valence-corrected chi connectivity index (χ4v) is 4.56. The molecule has 1 saturated heterocycles. The predicted octanol–water partition coefficient (Wildman–Crippen LogP) is 3.13. The number of aromatic nitrogens is 1. The molecule has 3 aliphatic rings. The molecule has 24 heavy (non-hydrogen) atoms. The van der Waals surface area contributed by atoms with Crippen molar-refractivity contribution < 1.29 is 0 Å². The molecular formula is C19H21N3OS. The molecule has 0 saturated carbocycles. The Morgan fingerprint density at radius 3 is 2.50 bits per heavy atom. The van der Waals surface area contributed by atoms with Crippen LogP contribution in [0.5, 0.6) is 0 Å². The molecule has 1 aromatic rings. The van der Waals surface area contributed by atoms with Gasteiger partial charge >= 0.3 is 0 Å². The van der Waals surface area contributed by atoms with Gasteiger partial charge in [0.2, 0.25) is 0 Å². The highest BCUT2D eigenvalue weighted by atomic mass is 32.1. The molecule has 2 aliphatic heterocycles. The summed E-state index contributed by atoms with van der Waals surface area (Å²) in [5.41, 5.74) is 5.47. The van der Waals surface area contributed by atoms with Gasteiger partial charge in [-0.2, -0.15) is 0 Å². The van der Waals surface area contributed by atoms with E-state index in [2.05, 4.69) is 35.9 Å². The average molecular weight is 339 g/mol. The molecular weight excluding hydrogens is 318 g/mol. The summed E-state index contributed by atoms with van der Waals surface area (Å²) in [6, 6.07) is 7.85. The third-order valence-corrected chi connectivity index (χ3v) is 5.86. The Hall–Kier alpha value is -1.98. The van der Waals surface area contributed by atoms with Gasteiger partial charge in [0.25, 0.3) is 0 Å². The van der Waals surface area contributed by atoms with Gasteiger partial charge in [-0.1, -0.05) is 0 Å². The molecule has 1 fully saturated rings. The van der Waals surface area contributed by atoms with Gasteiger partial charge in [0.05, 0.1) is 20.8 Å². The quantitative estimate of drug-likeness (QED) is 0.638. The largest absolute Gasteiger partial charge is 0.369 e. The van der Waals surface area contributed by atoms with Crippen LogP contribution in [0, 0.1) is 13.8 Å². The summed E-state index contributed by atoms with van der Waals surface area (Å²) < 4.78 is 1.15. The van der Waals surface area contributed by atoms with Gasteiger partial charge in [0.15, 0.2) is 5.43 Å². The molecule has 1 aliphatic carbocycles. The molecule has 0 amide bonds. The lowest BCUT2D eigenvalue weighted by Gasteiger charge is -2.34. The zero-order chi connectivity index (χ0) is 16.8. The Bertz CT molecular complexity index is 941. The summed E-state index contributed by atoms with van der Waals surface area (Å²) in [6.45, 7) is 8.38. The maximum absolute atomic E-state index is 11.8. The van der Waals surface area contributed by atoms with Crippen molar-refractivity contribution in [1.29, 1.82) is 0 Å². The van der Waals surface area contributed by atoms with E-state index in [0.717, 1.165) is 52.5 Å². The second-order valence-corrected chi connectivity index (χ2v) is 7.78.